The molecule has 3 aromatic carbocycles. The Morgan fingerprint density at radius 1 is 1.10 bits per heavy atom. The summed E-state index contributed by atoms with van der Waals surface area (Å²) in [4.78, 5) is 26.1. The molecule has 1 aliphatic rings. The van der Waals surface area contributed by atoms with Crippen molar-refractivity contribution < 1.29 is 19.2 Å². The van der Waals surface area contributed by atoms with Gasteiger partial charge in [0, 0.05) is 23.9 Å². The number of nitrogens with zero attached hydrogens (tertiary/aromatic N) is 1. The molecular weight excluding hydrogens is 395 g/mol. The number of rotatable bonds is 4. The number of hydroxylamine groups is 1. The van der Waals surface area contributed by atoms with Crippen LogP contribution in [0.3, 0.4) is 0 Å². The molecule has 0 radical (unpaired) electrons. The third-order valence-corrected chi connectivity index (χ3v) is 5.52. The van der Waals surface area contributed by atoms with Gasteiger partial charge in [0.15, 0.2) is 0 Å². The molecule has 0 unspecified atom stereocenters. The number of fused-ring (bicyclic) bond motifs is 1. The average Bonchev–Trinajstić information content (AvgIpc) is 3.21. The van der Waals surface area contributed by atoms with Crippen molar-refractivity contribution >= 4 is 23.6 Å². The van der Waals surface area contributed by atoms with E-state index in [0.29, 0.717) is 18.5 Å². The Labute approximate surface area is 179 Å². The van der Waals surface area contributed by atoms with Crippen LogP contribution in [0.1, 0.15) is 27.0 Å². The molecule has 0 spiro atoms. The van der Waals surface area contributed by atoms with Crippen LogP contribution in [0.15, 0.2) is 66.7 Å². The second-order valence-electron chi connectivity index (χ2n) is 7.39. The standard InChI is InChI=1S/C25H21FN2O3/c1-16-17(4-3-7-22(16)18-5-2-6-21(26)15-18)9-11-24(29)28-13-12-19-14-20(25(30)27-31)8-10-23(19)28/h2-11,14-15,31H,12-13H2,1H3,(H,27,30)/b11-9+. The first-order chi connectivity index (χ1) is 15.0. The van der Waals surface area contributed by atoms with E-state index in [2.05, 4.69) is 0 Å². The number of hydrogen-bond acceptors (Lipinski definition) is 3. The zero-order valence-electron chi connectivity index (χ0n) is 16.9. The van der Waals surface area contributed by atoms with Crippen LogP contribution in [0, 0.1) is 12.7 Å². The van der Waals surface area contributed by atoms with E-state index in [1.54, 1.807) is 40.7 Å². The molecule has 0 aromatic heterocycles. The Balaban J connectivity index is 1.56. The molecule has 2 N–H and O–H groups in total. The molecule has 1 heterocycles. The van der Waals surface area contributed by atoms with E-state index in [9.17, 15) is 14.0 Å². The van der Waals surface area contributed by atoms with Crippen LogP contribution in [-0.4, -0.2) is 23.6 Å². The smallest absolute Gasteiger partial charge is 0.274 e. The van der Waals surface area contributed by atoms with E-state index < -0.39 is 5.91 Å². The fraction of sp³-hybridized carbons (Fsp3) is 0.120. The maximum Gasteiger partial charge on any atom is 0.274 e. The Morgan fingerprint density at radius 2 is 1.90 bits per heavy atom. The zero-order chi connectivity index (χ0) is 22.0. The number of benzene rings is 3. The highest BCUT2D eigenvalue weighted by Gasteiger charge is 2.24. The van der Waals surface area contributed by atoms with Crippen molar-refractivity contribution in [3.8, 4) is 11.1 Å². The van der Waals surface area contributed by atoms with Crippen molar-refractivity contribution in [2.24, 2.45) is 0 Å². The van der Waals surface area contributed by atoms with Crippen molar-refractivity contribution in [3.63, 3.8) is 0 Å². The summed E-state index contributed by atoms with van der Waals surface area (Å²) in [7, 11) is 0. The summed E-state index contributed by atoms with van der Waals surface area (Å²) >= 11 is 0. The normalized spacial score (nSPS) is 12.8. The number of anilines is 1. The van der Waals surface area contributed by atoms with Crippen molar-refractivity contribution in [2.45, 2.75) is 13.3 Å². The van der Waals surface area contributed by atoms with Gasteiger partial charge in [0.05, 0.1) is 0 Å². The third-order valence-electron chi connectivity index (χ3n) is 5.52. The van der Waals surface area contributed by atoms with Gasteiger partial charge in [-0.25, -0.2) is 9.87 Å². The summed E-state index contributed by atoms with van der Waals surface area (Å²) in [5, 5.41) is 8.79. The lowest BCUT2D eigenvalue weighted by Crippen LogP contribution is -2.26. The molecule has 0 fully saturated rings. The van der Waals surface area contributed by atoms with Crippen LogP contribution in [-0.2, 0) is 11.2 Å². The van der Waals surface area contributed by atoms with Gasteiger partial charge < -0.3 is 4.90 Å². The van der Waals surface area contributed by atoms with Crippen LogP contribution < -0.4 is 10.4 Å². The molecule has 0 saturated carbocycles. The topological polar surface area (TPSA) is 69.6 Å². The molecule has 0 bridgehead atoms. The van der Waals surface area contributed by atoms with E-state index in [1.165, 1.54) is 18.2 Å². The fourth-order valence-corrected chi connectivity index (χ4v) is 3.89. The van der Waals surface area contributed by atoms with Crippen LogP contribution in [0.2, 0.25) is 0 Å². The number of hydrogen-bond donors (Lipinski definition) is 2. The summed E-state index contributed by atoms with van der Waals surface area (Å²) in [6.07, 6.45) is 3.93. The predicted molar refractivity (Wildman–Crippen MR) is 117 cm³/mol. The lowest BCUT2D eigenvalue weighted by Gasteiger charge is -2.15. The van der Waals surface area contributed by atoms with E-state index in [1.807, 2.05) is 31.2 Å². The highest BCUT2D eigenvalue weighted by atomic mass is 19.1. The zero-order valence-corrected chi connectivity index (χ0v) is 16.9. The average molecular weight is 416 g/mol. The van der Waals surface area contributed by atoms with E-state index >= 15 is 0 Å². The lowest BCUT2D eigenvalue weighted by atomic mass is 9.96. The third kappa shape index (κ3) is 4.11. The Bertz CT molecular complexity index is 1200. The maximum absolute atomic E-state index is 13.6. The molecule has 5 nitrogen and oxygen atoms in total. The molecule has 0 aliphatic carbocycles. The van der Waals surface area contributed by atoms with E-state index in [-0.39, 0.29) is 11.7 Å². The molecule has 1 aliphatic heterocycles. The molecule has 0 saturated heterocycles. The minimum Gasteiger partial charge on any atom is -0.308 e. The number of amides is 2. The molecule has 156 valence electrons. The van der Waals surface area contributed by atoms with Crippen molar-refractivity contribution in [3.05, 3.63) is 94.8 Å². The second kappa shape index (κ2) is 8.53. The summed E-state index contributed by atoms with van der Waals surface area (Å²) in [5.74, 6) is -1.03. The Morgan fingerprint density at radius 3 is 2.68 bits per heavy atom. The molecule has 2 amide bonds. The predicted octanol–water partition coefficient (Wildman–Crippen LogP) is 4.52. The summed E-state index contributed by atoms with van der Waals surface area (Å²) in [5.41, 5.74) is 7.14. The quantitative estimate of drug-likeness (QED) is 0.373. The van der Waals surface area contributed by atoms with Gasteiger partial charge >= 0.3 is 0 Å². The summed E-state index contributed by atoms with van der Waals surface area (Å²) < 4.78 is 13.6. The van der Waals surface area contributed by atoms with Crippen molar-refractivity contribution in [2.75, 3.05) is 11.4 Å². The van der Waals surface area contributed by atoms with Crippen LogP contribution >= 0.6 is 0 Å². The number of halogens is 1. The molecule has 31 heavy (non-hydrogen) atoms. The molecule has 0 atom stereocenters. The van der Waals surface area contributed by atoms with Crippen LogP contribution in [0.25, 0.3) is 17.2 Å². The number of carbonyl (C=O) groups is 2. The maximum atomic E-state index is 13.6. The van der Waals surface area contributed by atoms with Crippen molar-refractivity contribution in [1.29, 1.82) is 0 Å². The second-order valence-corrected chi connectivity index (χ2v) is 7.39. The molecular formula is C25H21FN2O3. The minimum atomic E-state index is -0.582. The van der Waals surface area contributed by atoms with Gasteiger partial charge in [-0.05, 0) is 77.6 Å². The summed E-state index contributed by atoms with van der Waals surface area (Å²) in [6.45, 7) is 2.47. The van der Waals surface area contributed by atoms with Gasteiger partial charge in [-0.3, -0.25) is 14.8 Å². The van der Waals surface area contributed by atoms with Gasteiger partial charge in [-0.15, -0.1) is 0 Å². The number of nitrogens with one attached hydrogen (secondary N) is 1. The van der Waals surface area contributed by atoms with E-state index in [4.69, 9.17) is 5.21 Å². The Hall–Kier alpha value is -3.77. The van der Waals surface area contributed by atoms with E-state index in [0.717, 1.165) is 33.5 Å². The monoisotopic (exact) mass is 416 g/mol. The van der Waals surface area contributed by atoms with Gasteiger partial charge in [0.25, 0.3) is 11.8 Å². The van der Waals surface area contributed by atoms with Gasteiger partial charge in [-0.1, -0.05) is 30.3 Å². The highest BCUT2D eigenvalue weighted by molar-refractivity contribution is 6.06. The first-order valence-corrected chi connectivity index (χ1v) is 9.90. The van der Waals surface area contributed by atoms with Gasteiger partial charge in [0.2, 0.25) is 0 Å². The molecule has 6 heteroatoms. The Kier molecular flexibility index (Phi) is 5.64. The van der Waals surface area contributed by atoms with Gasteiger partial charge in [0.1, 0.15) is 5.82 Å². The minimum absolute atomic E-state index is 0.159. The lowest BCUT2D eigenvalue weighted by molar-refractivity contribution is -0.114. The first kappa shape index (κ1) is 20.5. The van der Waals surface area contributed by atoms with Gasteiger partial charge in [-0.2, -0.15) is 0 Å². The van der Waals surface area contributed by atoms with Crippen molar-refractivity contribution in [1.82, 2.24) is 5.48 Å². The molecule has 3 aromatic rings. The van der Waals surface area contributed by atoms with Crippen LogP contribution in [0.5, 0.6) is 0 Å². The highest BCUT2D eigenvalue weighted by Crippen LogP contribution is 2.30. The first-order valence-electron chi connectivity index (χ1n) is 9.90. The molecule has 4 rings (SSSR count). The largest absolute Gasteiger partial charge is 0.308 e. The fourth-order valence-electron chi connectivity index (χ4n) is 3.89. The SMILES string of the molecule is Cc1c(/C=C/C(=O)N2CCc3cc(C(=O)NO)ccc32)cccc1-c1cccc(F)c1. The summed E-state index contributed by atoms with van der Waals surface area (Å²) in [6, 6.07) is 17.1. The number of carbonyl (C=O) groups excluding carboxylic acids is 2. The van der Waals surface area contributed by atoms with Crippen LogP contribution in [0.4, 0.5) is 10.1 Å².